The Balaban J connectivity index is 0.998. The lowest BCUT2D eigenvalue weighted by Crippen LogP contribution is -2.51. The highest BCUT2D eigenvalue weighted by molar-refractivity contribution is 5.87. The second-order valence-electron chi connectivity index (χ2n) is 14.6. The van der Waals surface area contributed by atoms with Gasteiger partial charge in [0, 0.05) is 19.5 Å². The molecule has 5 N–H and O–H groups in total. The topological polar surface area (TPSA) is 216 Å². The number of carbonyl (C=O) groups is 4. The molecule has 17 heteroatoms. The molecule has 2 fully saturated rings. The molecular weight excluding hydrogens is 731 g/mol. The minimum atomic E-state index is -0.877. The molecule has 298 valence electrons. The molecule has 17 nitrogen and oxygen atoms in total. The molecule has 2 aliphatic rings. The van der Waals surface area contributed by atoms with Gasteiger partial charge in [0.05, 0.1) is 62.0 Å². The minimum absolute atomic E-state index is 0.110. The third-order valence-corrected chi connectivity index (χ3v) is 10.7. The minimum Gasteiger partial charge on any atom is -0.453 e. The van der Waals surface area contributed by atoms with Gasteiger partial charge in [-0.05, 0) is 53.9 Å². The van der Waals surface area contributed by atoms with Gasteiger partial charge in [-0.3, -0.25) is 9.59 Å². The number of nitrogens with zero attached hydrogens (tertiary/aromatic N) is 6. The summed E-state index contributed by atoms with van der Waals surface area (Å²) < 4.78 is 9.53. The van der Waals surface area contributed by atoms with E-state index in [0.29, 0.717) is 30.4 Å². The van der Waals surface area contributed by atoms with Crippen LogP contribution in [-0.4, -0.2) is 109 Å². The van der Waals surface area contributed by atoms with E-state index >= 15 is 0 Å². The molecule has 4 amide bonds. The summed E-state index contributed by atoms with van der Waals surface area (Å²) in [4.78, 5) is 71.1. The molecule has 2 aliphatic heterocycles. The number of amides is 4. The number of hydrogen-bond donors (Lipinski definition) is 5. The Kier molecular flexibility index (Phi) is 11.6. The number of aromatic nitrogens is 7. The third kappa shape index (κ3) is 8.51. The van der Waals surface area contributed by atoms with E-state index in [4.69, 9.17) is 9.47 Å². The summed E-state index contributed by atoms with van der Waals surface area (Å²) in [6.45, 7) is 4.91. The van der Waals surface area contributed by atoms with Crippen LogP contribution in [0.2, 0.25) is 0 Å². The Labute approximate surface area is 329 Å². The predicted octanol–water partition coefficient (Wildman–Crippen LogP) is 4.93. The second kappa shape index (κ2) is 17.1. The summed E-state index contributed by atoms with van der Waals surface area (Å²) in [5.41, 5.74) is 6.22. The van der Waals surface area contributed by atoms with Crippen molar-refractivity contribution < 1.29 is 28.7 Å². The van der Waals surface area contributed by atoms with Gasteiger partial charge in [0.2, 0.25) is 11.8 Å². The number of imidazole rings is 2. The highest BCUT2D eigenvalue weighted by Gasteiger charge is 2.38. The molecule has 0 radical (unpaired) electrons. The molecule has 0 bridgehead atoms. The molecule has 0 unspecified atom stereocenters. The number of carbonyl (C=O) groups excluding carboxylic acids is 4. The van der Waals surface area contributed by atoms with Crippen LogP contribution in [0.4, 0.5) is 9.59 Å². The summed E-state index contributed by atoms with van der Waals surface area (Å²) in [5.74, 6) is 0.894. The third-order valence-electron chi connectivity index (χ3n) is 10.7. The Morgan fingerprint density at radius 2 is 1.21 bits per heavy atom. The summed E-state index contributed by atoms with van der Waals surface area (Å²) in [6.07, 6.45) is 7.08. The molecule has 2 saturated heterocycles. The number of aromatic amines is 3. The number of rotatable bonds is 12. The molecule has 57 heavy (non-hydrogen) atoms. The Hall–Kier alpha value is -6.52. The van der Waals surface area contributed by atoms with Crippen molar-refractivity contribution in [2.24, 2.45) is 5.92 Å². The first-order chi connectivity index (χ1) is 27.6. The molecule has 3 aromatic heterocycles. The molecule has 5 heterocycles. The van der Waals surface area contributed by atoms with Crippen LogP contribution >= 0.6 is 0 Å². The van der Waals surface area contributed by atoms with Crippen LogP contribution in [0.5, 0.6) is 0 Å². The van der Waals surface area contributed by atoms with Crippen LogP contribution in [-0.2, 0) is 25.5 Å². The number of H-pyrrole nitrogens is 3. The van der Waals surface area contributed by atoms with Crippen molar-refractivity contribution in [1.82, 2.24) is 55.8 Å². The van der Waals surface area contributed by atoms with Gasteiger partial charge in [0.15, 0.2) is 0 Å². The molecule has 7 rings (SSSR count). The first-order valence-electron chi connectivity index (χ1n) is 19.1. The maximum Gasteiger partial charge on any atom is 0.407 e. The van der Waals surface area contributed by atoms with Crippen molar-refractivity contribution in [3.05, 3.63) is 84.5 Å². The van der Waals surface area contributed by atoms with E-state index in [9.17, 15) is 19.2 Å². The van der Waals surface area contributed by atoms with Crippen LogP contribution in [0.1, 0.15) is 69.0 Å². The average molecular weight is 778 g/mol. The normalized spacial score (nSPS) is 17.7. The smallest absolute Gasteiger partial charge is 0.407 e. The number of alkyl carbamates (subject to hydrolysis) is 2. The van der Waals surface area contributed by atoms with E-state index in [2.05, 4.69) is 70.2 Å². The lowest BCUT2D eigenvalue weighted by Gasteiger charge is -2.30. The van der Waals surface area contributed by atoms with Crippen LogP contribution in [0.25, 0.3) is 33.6 Å². The number of ether oxygens (including phenoxy) is 2. The summed E-state index contributed by atoms with van der Waals surface area (Å²) in [6, 6.07) is 14.3. The standard InChI is InChI=1S/C40H47N11O6/c1-23(2)34(47-40(55)57-4)38(53)51-18-6-8-33(51)36-42-22-31(45-36)27-15-11-25(12-16-27)24-9-13-26(14-10-24)30-21-41-35(44-30)32-7-5-17-50(32)37(52)29(46-39(54)56-3)19-28-20-43-49-48-28/h9-16,20-23,29,32-34H,5-8,17-19H2,1-4H3,(H,41,44)(H,42,45)(H,46,54)(H,47,55)(H,43,48,49)/t29-,32-,33-,34-/m0/s1. The monoisotopic (exact) mass is 777 g/mol. The maximum absolute atomic E-state index is 13.7. The van der Waals surface area contributed by atoms with Gasteiger partial charge in [0.25, 0.3) is 0 Å². The molecule has 5 aromatic rings. The zero-order valence-electron chi connectivity index (χ0n) is 32.3. The summed E-state index contributed by atoms with van der Waals surface area (Å²) >= 11 is 0. The molecular formula is C40H47N11O6. The molecule has 4 atom stereocenters. The highest BCUT2D eigenvalue weighted by atomic mass is 16.5. The van der Waals surface area contributed by atoms with Crippen molar-refractivity contribution in [2.75, 3.05) is 27.3 Å². The van der Waals surface area contributed by atoms with Gasteiger partial charge in [0.1, 0.15) is 23.7 Å². The lowest BCUT2D eigenvalue weighted by atomic mass is 10.0. The van der Waals surface area contributed by atoms with Gasteiger partial charge in [-0.2, -0.15) is 15.4 Å². The zero-order chi connectivity index (χ0) is 40.1. The van der Waals surface area contributed by atoms with Crippen molar-refractivity contribution in [2.45, 2.75) is 70.1 Å². The van der Waals surface area contributed by atoms with Crippen molar-refractivity contribution in [3.8, 4) is 33.6 Å². The van der Waals surface area contributed by atoms with Gasteiger partial charge >= 0.3 is 12.2 Å². The van der Waals surface area contributed by atoms with E-state index in [-0.39, 0.29) is 36.2 Å². The molecule has 2 aromatic carbocycles. The van der Waals surface area contributed by atoms with Gasteiger partial charge in [-0.1, -0.05) is 62.4 Å². The van der Waals surface area contributed by atoms with E-state index in [1.807, 2.05) is 38.1 Å². The van der Waals surface area contributed by atoms with Gasteiger partial charge in [-0.15, -0.1) is 0 Å². The summed E-state index contributed by atoms with van der Waals surface area (Å²) in [7, 11) is 2.54. The fourth-order valence-electron chi connectivity index (χ4n) is 7.63. The van der Waals surface area contributed by atoms with E-state index in [1.54, 1.807) is 22.2 Å². The molecule has 0 spiro atoms. The quantitative estimate of drug-likeness (QED) is 0.115. The Morgan fingerprint density at radius 1 is 0.719 bits per heavy atom. The zero-order valence-corrected chi connectivity index (χ0v) is 32.3. The average Bonchev–Trinajstić information content (AvgIpc) is 4.09. The fraction of sp³-hybridized carbons (Fsp3) is 0.400. The Bertz CT molecular complexity index is 2160. The molecule has 0 saturated carbocycles. The lowest BCUT2D eigenvalue weighted by molar-refractivity contribution is -0.135. The number of benzene rings is 2. The van der Waals surface area contributed by atoms with Crippen LogP contribution in [0.3, 0.4) is 0 Å². The van der Waals surface area contributed by atoms with E-state index in [1.165, 1.54) is 20.4 Å². The van der Waals surface area contributed by atoms with E-state index in [0.717, 1.165) is 59.3 Å². The van der Waals surface area contributed by atoms with E-state index < -0.39 is 24.3 Å². The maximum atomic E-state index is 13.7. The SMILES string of the molecule is COC(=O)N[C@@H](Cc1cn[nH]n1)C(=O)N1CCC[C@H]1c1ncc(-c2ccc(-c3ccc(-c4cnc([C@@H]5CCCN5C(=O)[C@@H](NC(=O)OC)C(C)C)[nH]4)cc3)cc2)[nH]1. The van der Waals surface area contributed by atoms with Crippen LogP contribution in [0.15, 0.2) is 67.1 Å². The van der Waals surface area contributed by atoms with Crippen molar-refractivity contribution in [1.29, 1.82) is 0 Å². The fourth-order valence-corrected chi connectivity index (χ4v) is 7.63. The van der Waals surface area contributed by atoms with Crippen LogP contribution < -0.4 is 10.6 Å². The summed E-state index contributed by atoms with van der Waals surface area (Å²) in [5, 5.41) is 15.7. The van der Waals surface area contributed by atoms with Crippen molar-refractivity contribution in [3.63, 3.8) is 0 Å². The number of hydrogen-bond acceptors (Lipinski definition) is 10. The number of methoxy groups -OCH3 is 2. The number of nitrogens with one attached hydrogen (secondary N) is 5. The number of likely N-dealkylation sites (tertiary alicyclic amines) is 2. The highest BCUT2D eigenvalue weighted by Crippen LogP contribution is 2.35. The Morgan fingerprint density at radius 3 is 1.68 bits per heavy atom. The largest absolute Gasteiger partial charge is 0.453 e. The molecule has 0 aliphatic carbocycles. The predicted molar refractivity (Wildman–Crippen MR) is 208 cm³/mol. The van der Waals surface area contributed by atoms with Gasteiger partial charge in [-0.25, -0.2) is 19.6 Å². The van der Waals surface area contributed by atoms with Crippen LogP contribution in [0, 0.1) is 5.92 Å². The second-order valence-corrected chi connectivity index (χ2v) is 14.6. The van der Waals surface area contributed by atoms with Crippen molar-refractivity contribution >= 4 is 24.0 Å². The first kappa shape index (κ1) is 38.7. The first-order valence-corrected chi connectivity index (χ1v) is 19.1. The van der Waals surface area contributed by atoms with Gasteiger partial charge < -0.3 is 39.9 Å².